The molecule has 0 atom stereocenters. The lowest BCUT2D eigenvalue weighted by molar-refractivity contribution is 0.388. The zero-order valence-corrected chi connectivity index (χ0v) is 5.73. The largest absolute Gasteiger partial charge is 0.382 e. The highest BCUT2D eigenvalue weighted by Crippen LogP contribution is 2.04. The van der Waals surface area contributed by atoms with E-state index in [1.165, 1.54) is 0 Å². The average Bonchev–Trinajstić information content (AvgIpc) is 1.60. The molecule has 0 saturated heterocycles. The lowest BCUT2D eigenvalue weighted by Gasteiger charge is -2.11. The van der Waals surface area contributed by atoms with E-state index in [-0.39, 0.29) is 0 Å². The van der Waals surface area contributed by atoms with Gasteiger partial charge >= 0.3 is 10.3 Å². The van der Waals surface area contributed by atoms with Gasteiger partial charge in [0.05, 0.1) is 0 Å². The standard InChI is InChI=1S/C4H7NO3S/c1-4-2-3-5-9(6,7)8-4/h2,5H,3H2,1H3. The third kappa shape index (κ3) is 1.69. The van der Waals surface area contributed by atoms with Crippen molar-refractivity contribution < 1.29 is 12.6 Å². The molecule has 5 heteroatoms. The average molecular weight is 149 g/mol. The van der Waals surface area contributed by atoms with Gasteiger partial charge in [0.1, 0.15) is 5.76 Å². The molecule has 0 aromatic rings. The van der Waals surface area contributed by atoms with Gasteiger partial charge in [0, 0.05) is 6.54 Å². The van der Waals surface area contributed by atoms with E-state index < -0.39 is 10.3 Å². The van der Waals surface area contributed by atoms with E-state index in [1.807, 2.05) is 0 Å². The van der Waals surface area contributed by atoms with Crippen LogP contribution >= 0.6 is 0 Å². The molecule has 0 aliphatic carbocycles. The second-order valence-electron chi connectivity index (χ2n) is 1.70. The molecule has 1 aliphatic heterocycles. The Balaban J connectivity index is 2.83. The van der Waals surface area contributed by atoms with Crippen LogP contribution in [0.5, 0.6) is 0 Å². The van der Waals surface area contributed by atoms with Gasteiger partial charge < -0.3 is 4.18 Å². The van der Waals surface area contributed by atoms with Crippen molar-refractivity contribution in [1.82, 2.24) is 4.72 Å². The highest BCUT2D eigenvalue weighted by Gasteiger charge is 2.13. The molecule has 0 saturated carbocycles. The minimum Gasteiger partial charge on any atom is -0.376 e. The first-order valence-corrected chi connectivity index (χ1v) is 3.87. The van der Waals surface area contributed by atoms with Gasteiger partial charge in [0.25, 0.3) is 0 Å². The molecular weight excluding hydrogens is 142 g/mol. The molecule has 1 rings (SSSR count). The summed E-state index contributed by atoms with van der Waals surface area (Å²) in [6, 6.07) is 0. The number of hydrogen-bond acceptors (Lipinski definition) is 3. The molecule has 0 amide bonds. The van der Waals surface area contributed by atoms with E-state index >= 15 is 0 Å². The van der Waals surface area contributed by atoms with E-state index in [1.54, 1.807) is 13.0 Å². The molecule has 0 aromatic heterocycles. The third-order valence-corrected chi connectivity index (χ3v) is 1.89. The van der Waals surface area contributed by atoms with Gasteiger partial charge in [-0.2, -0.15) is 13.1 Å². The fraction of sp³-hybridized carbons (Fsp3) is 0.500. The summed E-state index contributed by atoms with van der Waals surface area (Å²) in [7, 11) is -3.45. The van der Waals surface area contributed by atoms with Gasteiger partial charge in [-0.3, -0.25) is 0 Å². The summed E-state index contributed by atoms with van der Waals surface area (Å²) in [5.41, 5.74) is 0. The maximum Gasteiger partial charge on any atom is 0.382 e. The minimum atomic E-state index is -3.45. The molecule has 0 aromatic carbocycles. The van der Waals surface area contributed by atoms with Crippen LogP contribution in [0, 0.1) is 0 Å². The zero-order chi connectivity index (χ0) is 6.91. The maximum atomic E-state index is 10.5. The Morgan fingerprint density at radius 1 is 1.78 bits per heavy atom. The normalized spacial score (nSPS) is 24.3. The van der Waals surface area contributed by atoms with E-state index in [2.05, 4.69) is 8.91 Å². The van der Waals surface area contributed by atoms with Crippen molar-refractivity contribution in [2.24, 2.45) is 0 Å². The predicted octanol–water partition coefficient (Wildman–Crippen LogP) is -0.245. The molecule has 0 spiro atoms. The van der Waals surface area contributed by atoms with Gasteiger partial charge in [-0.05, 0) is 13.0 Å². The highest BCUT2D eigenvalue weighted by atomic mass is 32.2. The molecule has 0 radical (unpaired) electrons. The van der Waals surface area contributed by atoms with E-state index in [9.17, 15) is 8.42 Å². The number of rotatable bonds is 0. The topological polar surface area (TPSA) is 55.4 Å². The second-order valence-corrected chi connectivity index (χ2v) is 3.06. The first-order chi connectivity index (χ1) is 4.10. The molecule has 0 unspecified atom stereocenters. The summed E-state index contributed by atoms with van der Waals surface area (Å²) < 4.78 is 27.5. The minimum absolute atomic E-state index is 0.328. The second kappa shape index (κ2) is 2.00. The molecule has 0 fully saturated rings. The van der Waals surface area contributed by atoms with Crippen LogP contribution in [0.25, 0.3) is 0 Å². The molecular formula is C4H7NO3S. The Hall–Kier alpha value is -0.550. The van der Waals surface area contributed by atoms with Crippen molar-refractivity contribution in [2.45, 2.75) is 6.92 Å². The molecule has 1 aliphatic rings. The molecule has 52 valence electrons. The predicted molar refractivity (Wildman–Crippen MR) is 31.8 cm³/mol. The third-order valence-electron chi connectivity index (χ3n) is 0.891. The Labute approximate surface area is 53.8 Å². The SMILES string of the molecule is CC1=CCNS(=O)(=O)O1. The van der Waals surface area contributed by atoms with Gasteiger partial charge in [-0.25, -0.2) is 0 Å². The van der Waals surface area contributed by atoms with E-state index in [4.69, 9.17) is 0 Å². The van der Waals surface area contributed by atoms with Crippen LogP contribution in [-0.2, 0) is 14.5 Å². The van der Waals surface area contributed by atoms with Crippen LogP contribution in [0.2, 0.25) is 0 Å². The van der Waals surface area contributed by atoms with E-state index in [0.717, 1.165) is 0 Å². The van der Waals surface area contributed by atoms with Crippen LogP contribution in [0.15, 0.2) is 11.8 Å². The van der Waals surface area contributed by atoms with Crippen LogP contribution in [0.1, 0.15) is 6.92 Å². The summed E-state index contributed by atoms with van der Waals surface area (Å²) in [6.07, 6.45) is 1.65. The Morgan fingerprint density at radius 3 is 2.78 bits per heavy atom. The van der Waals surface area contributed by atoms with Crippen LogP contribution in [0.3, 0.4) is 0 Å². The van der Waals surface area contributed by atoms with Crippen molar-refractivity contribution in [3.63, 3.8) is 0 Å². The molecule has 1 heterocycles. The highest BCUT2D eigenvalue weighted by molar-refractivity contribution is 7.84. The Morgan fingerprint density at radius 2 is 2.44 bits per heavy atom. The van der Waals surface area contributed by atoms with Gasteiger partial charge in [0.2, 0.25) is 0 Å². The monoisotopic (exact) mass is 149 g/mol. The molecule has 4 nitrogen and oxygen atoms in total. The van der Waals surface area contributed by atoms with E-state index in [0.29, 0.717) is 12.3 Å². The summed E-state index contributed by atoms with van der Waals surface area (Å²) in [6.45, 7) is 1.92. The van der Waals surface area contributed by atoms with Crippen molar-refractivity contribution >= 4 is 10.3 Å². The van der Waals surface area contributed by atoms with Crippen LogP contribution in [0.4, 0.5) is 0 Å². The summed E-state index contributed by atoms with van der Waals surface area (Å²) >= 11 is 0. The fourth-order valence-corrected chi connectivity index (χ4v) is 1.28. The van der Waals surface area contributed by atoms with Gasteiger partial charge in [0.15, 0.2) is 0 Å². The Kier molecular flexibility index (Phi) is 1.46. The van der Waals surface area contributed by atoms with Gasteiger partial charge in [-0.15, -0.1) is 0 Å². The zero-order valence-electron chi connectivity index (χ0n) is 4.92. The number of allylic oxidation sites excluding steroid dienone is 1. The lowest BCUT2D eigenvalue weighted by atomic mass is 10.5. The number of nitrogens with one attached hydrogen (secondary N) is 1. The summed E-state index contributed by atoms with van der Waals surface area (Å²) in [5, 5.41) is 0. The van der Waals surface area contributed by atoms with Crippen molar-refractivity contribution in [3.8, 4) is 0 Å². The van der Waals surface area contributed by atoms with Crippen LogP contribution < -0.4 is 4.72 Å². The van der Waals surface area contributed by atoms with Crippen molar-refractivity contribution in [1.29, 1.82) is 0 Å². The first kappa shape index (κ1) is 6.57. The Bertz CT molecular complexity index is 228. The number of hydrogen-bond donors (Lipinski definition) is 1. The molecule has 0 bridgehead atoms. The lowest BCUT2D eigenvalue weighted by Crippen LogP contribution is -2.29. The summed E-state index contributed by atoms with van der Waals surface area (Å²) in [4.78, 5) is 0. The van der Waals surface area contributed by atoms with Crippen molar-refractivity contribution in [2.75, 3.05) is 6.54 Å². The fourth-order valence-electron chi connectivity index (χ4n) is 0.524. The smallest absolute Gasteiger partial charge is 0.376 e. The molecule has 1 N–H and O–H groups in total. The maximum absolute atomic E-state index is 10.5. The van der Waals surface area contributed by atoms with Gasteiger partial charge in [-0.1, -0.05) is 0 Å². The van der Waals surface area contributed by atoms with Crippen LogP contribution in [-0.4, -0.2) is 15.0 Å². The van der Waals surface area contributed by atoms with Crippen molar-refractivity contribution in [3.05, 3.63) is 11.8 Å². The summed E-state index contributed by atoms with van der Waals surface area (Å²) in [5.74, 6) is 0.425. The first-order valence-electron chi connectivity index (χ1n) is 2.46. The molecule has 9 heavy (non-hydrogen) atoms. The quantitative estimate of drug-likeness (QED) is 0.517.